The lowest BCUT2D eigenvalue weighted by molar-refractivity contribution is 0.346. The van der Waals surface area contributed by atoms with Crippen molar-refractivity contribution >= 4 is 32.6 Å². The highest BCUT2D eigenvalue weighted by Crippen LogP contribution is 2.38. The molecule has 4 rings (SSSR count). The molecule has 0 aliphatic carbocycles. The van der Waals surface area contributed by atoms with Gasteiger partial charge in [0.25, 0.3) is 5.88 Å². The first kappa shape index (κ1) is 13.9. The molecule has 0 atom stereocenters. The quantitative estimate of drug-likeness (QED) is 0.593. The number of rotatable bonds is 2. The molecule has 116 valence electrons. The van der Waals surface area contributed by atoms with Crippen molar-refractivity contribution in [3.05, 3.63) is 41.6 Å². The molecule has 0 fully saturated rings. The van der Waals surface area contributed by atoms with E-state index in [-0.39, 0.29) is 0 Å². The molecular formula is C19H18N2O2. The van der Waals surface area contributed by atoms with E-state index in [2.05, 4.69) is 47.2 Å². The van der Waals surface area contributed by atoms with Crippen LogP contribution in [0, 0.1) is 13.8 Å². The normalized spacial score (nSPS) is 11.5. The topological polar surface area (TPSA) is 47.1 Å². The number of H-pyrrole nitrogens is 1. The molecule has 23 heavy (non-hydrogen) atoms. The Bertz CT molecular complexity index is 1060. The SMILES string of the molecule is COc1nc(C)c2cc3c(cc2c1OC)[nH]c1ccc(C)cc13. The van der Waals surface area contributed by atoms with Crippen LogP contribution in [0.15, 0.2) is 30.3 Å². The zero-order valence-electron chi connectivity index (χ0n) is 13.7. The van der Waals surface area contributed by atoms with Gasteiger partial charge < -0.3 is 14.5 Å². The molecule has 4 nitrogen and oxygen atoms in total. The van der Waals surface area contributed by atoms with Crippen molar-refractivity contribution < 1.29 is 9.47 Å². The highest BCUT2D eigenvalue weighted by Gasteiger charge is 2.16. The Morgan fingerprint density at radius 2 is 1.61 bits per heavy atom. The van der Waals surface area contributed by atoms with Crippen LogP contribution in [0.5, 0.6) is 11.6 Å². The van der Waals surface area contributed by atoms with Crippen molar-refractivity contribution in [1.82, 2.24) is 9.97 Å². The van der Waals surface area contributed by atoms with Gasteiger partial charge in [0.2, 0.25) is 0 Å². The molecule has 2 aromatic heterocycles. The van der Waals surface area contributed by atoms with Crippen molar-refractivity contribution in [1.29, 1.82) is 0 Å². The molecular weight excluding hydrogens is 288 g/mol. The maximum atomic E-state index is 5.55. The highest BCUT2D eigenvalue weighted by atomic mass is 16.5. The maximum Gasteiger partial charge on any atom is 0.257 e. The summed E-state index contributed by atoms with van der Waals surface area (Å²) in [5.74, 6) is 1.19. The summed E-state index contributed by atoms with van der Waals surface area (Å²) in [5, 5.41) is 4.52. The highest BCUT2D eigenvalue weighted by molar-refractivity contribution is 6.13. The second kappa shape index (κ2) is 4.88. The molecule has 0 aliphatic heterocycles. The molecule has 0 unspecified atom stereocenters. The largest absolute Gasteiger partial charge is 0.491 e. The number of hydrogen-bond acceptors (Lipinski definition) is 3. The number of ether oxygens (including phenoxy) is 2. The van der Waals surface area contributed by atoms with Gasteiger partial charge in [0.1, 0.15) is 0 Å². The smallest absolute Gasteiger partial charge is 0.257 e. The molecule has 2 aromatic carbocycles. The van der Waals surface area contributed by atoms with E-state index in [1.54, 1.807) is 14.2 Å². The van der Waals surface area contributed by atoms with Gasteiger partial charge in [0.15, 0.2) is 5.75 Å². The predicted octanol–water partition coefficient (Wildman–Crippen LogP) is 4.50. The molecule has 1 N–H and O–H groups in total. The summed E-state index contributed by atoms with van der Waals surface area (Å²) in [6.07, 6.45) is 0. The average Bonchev–Trinajstić information content (AvgIpc) is 2.90. The van der Waals surface area contributed by atoms with E-state index in [4.69, 9.17) is 9.47 Å². The van der Waals surface area contributed by atoms with Gasteiger partial charge in [-0.1, -0.05) is 11.6 Å². The summed E-state index contributed by atoms with van der Waals surface area (Å²) in [4.78, 5) is 8.01. The molecule has 0 aliphatic rings. The Hall–Kier alpha value is -2.75. The third kappa shape index (κ3) is 1.95. The number of nitrogens with one attached hydrogen (secondary N) is 1. The van der Waals surface area contributed by atoms with E-state index in [9.17, 15) is 0 Å². The van der Waals surface area contributed by atoms with Crippen molar-refractivity contribution in [3.63, 3.8) is 0 Å². The van der Waals surface area contributed by atoms with Gasteiger partial charge in [-0.05, 0) is 38.1 Å². The molecule has 0 saturated heterocycles. The van der Waals surface area contributed by atoms with E-state index in [0.29, 0.717) is 11.6 Å². The molecule has 2 heterocycles. The number of nitrogens with zero attached hydrogens (tertiary/aromatic N) is 1. The Morgan fingerprint density at radius 1 is 0.826 bits per heavy atom. The van der Waals surface area contributed by atoms with Crippen LogP contribution in [0.25, 0.3) is 32.6 Å². The van der Waals surface area contributed by atoms with Crippen molar-refractivity contribution in [2.45, 2.75) is 13.8 Å². The first-order valence-corrected chi connectivity index (χ1v) is 7.56. The number of aromatic amines is 1. The van der Waals surface area contributed by atoms with Crippen molar-refractivity contribution in [3.8, 4) is 11.6 Å². The van der Waals surface area contributed by atoms with Gasteiger partial charge in [-0.25, -0.2) is 4.98 Å². The van der Waals surface area contributed by atoms with Crippen LogP contribution in [-0.2, 0) is 0 Å². The minimum Gasteiger partial charge on any atom is -0.491 e. The van der Waals surface area contributed by atoms with E-state index in [1.165, 1.54) is 16.3 Å². The van der Waals surface area contributed by atoms with Crippen LogP contribution in [0.3, 0.4) is 0 Å². The lowest BCUT2D eigenvalue weighted by atomic mass is 10.0. The second-order valence-corrected chi connectivity index (χ2v) is 5.86. The van der Waals surface area contributed by atoms with Gasteiger partial charge in [-0.2, -0.15) is 0 Å². The van der Waals surface area contributed by atoms with Gasteiger partial charge in [-0.3, -0.25) is 0 Å². The summed E-state index contributed by atoms with van der Waals surface area (Å²) in [5.41, 5.74) is 4.41. The van der Waals surface area contributed by atoms with Gasteiger partial charge in [0, 0.05) is 38.3 Å². The first-order chi connectivity index (χ1) is 11.1. The van der Waals surface area contributed by atoms with Crippen molar-refractivity contribution in [2.24, 2.45) is 0 Å². The van der Waals surface area contributed by atoms with Crippen LogP contribution in [-0.4, -0.2) is 24.2 Å². The fourth-order valence-corrected chi connectivity index (χ4v) is 3.26. The molecule has 0 bridgehead atoms. The lowest BCUT2D eigenvalue weighted by Gasteiger charge is -2.12. The number of fused-ring (bicyclic) bond motifs is 4. The van der Waals surface area contributed by atoms with Crippen molar-refractivity contribution in [2.75, 3.05) is 14.2 Å². The van der Waals surface area contributed by atoms with Crippen LogP contribution >= 0.6 is 0 Å². The predicted molar refractivity (Wildman–Crippen MR) is 93.7 cm³/mol. The number of pyridine rings is 1. The summed E-state index contributed by atoms with van der Waals surface area (Å²) < 4.78 is 10.9. The number of hydrogen-bond donors (Lipinski definition) is 1. The Labute approximate surface area is 134 Å². The van der Waals surface area contributed by atoms with E-state index >= 15 is 0 Å². The fourth-order valence-electron chi connectivity index (χ4n) is 3.26. The molecule has 0 amide bonds. The maximum absolute atomic E-state index is 5.55. The van der Waals surface area contributed by atoms with Gasteiger partial charge >= 0.3 is 0 Å². The van der Waals surface area contributed by atoms with Gasteiger partial charge in [0.05, 0.1) is 14.2 Å². The Balaban J connectivity index is 2.19. The third-order valence-corrected chi connectivity index (χ3v) is 4.39. The summed E-state index contributed by atoms with van der Waals surface area (Å²) in [6, 6.07) is 10.8. The van der Waals surface area contributed by atoms with E-state index < -0.39 is 0 Å². The Kier molecular flexibility index (Phi) is 2.94. The third-order valence-electron chi connectivity index (χ3n) is 4.39. The summed E-state index contributed by atoms with van der Waals surface area (Å²) >= 11 is 0. The Morgan fingerprint density at radius 3 is 2.35 bits per heavy atom. The number of aryl methyl sites for hydroxylation is 2. The van der Waals surface area contributed by atoms with Crippen LogP contribution < -0.4 is 9.47 Å². The average molecular weight is 306 g/mol. The monoisotopic (exact) mass is 306 g/mol. The van der Waals surface area contributed by atoms with Gasteiger partial charge in [-0.15, -0.1) is 0 Å². The second-order valence-electron chi connectivity index (χ2n) is 5.86. The molecule has 0 radical (unpaired) electrons. The molecule has 4 heteroatoms. The lowest BCUT2D eigenvalue weighted by Crippen LogP contribution is -1.97. The minimum atomic E-state index is 0.517. The summed E-state index contributed by atoms with van der Waals surface area (Å²) in [7, 11) is 3.26. The number of methoxy groups -OCH3 is 2. The minimum absolute atomic E-state index is 0.517. The zero-order chi connectivity index (χ0) is 16.1. The van der Waals surface area contributed by atoms with Crippen LogP contribution in [0.2, 0.25) is 0 Å². The number of aromatic nitrogens is 2. The first-order valence-electron chi connectivity index (χ1n) is 7.56. The van der Waals surface area contributed by atoms with Crippen LogP contribution in [0.4, 0.5) is 0 Å². The molecule has 0 spiro atoms. The standard InChI is InChI=1S/C19H18N2O2/c1-10-5-6-16-13(7-10)14-8-12-11(2)20-19(23-4)18(22-3)15(12)9-17(14)21-16/h5-9,21H,1-4H3. The molecule has 0 saturated carbocycles. The van der Waals surface area contributed by atoms with Crippen LogP contribution in [0.1, 0.15) is 11.3 Å². The summed E-state index contributed by atoms with van der Waals surface area (Å²) in [6.45, 7) is 4.11. The fraction of sp³-hybridized carbons (Fsp3) is 0.211. The number of benzene rings is 2. The zero-order valence-corrected chi connectivity index (χ0v) is 13.7. The van der Waals surface area contributed by atoms with E-state index in [1.807, 2.05) is 6.92 Å². The molecule has 4 aromatic rings. The van der Waals surface area contributed by atoms with E-state index in [0.717, 1.165) is 27.5 Å².